The van der Waals surface area contributed by atoms with Crippen molar-refractivity contribution in [1.82, 2.24) is 0 Å². The highest BCUT2D eigenvalue weighted by Gasteiger charge is 2.10. The molecule has 0 aliphatic heterocycles. The first-order chi connectivity index (χ1) is 10.6. The second kappa shape index (κ2) is 7.38. The molecule has 0 heterocycles. The summed E-state index contributed by atoms with van der Waals surface area (Å²) in [6, 6.07) is 15.5. The first-order valence-electron chi connectivity index (χ1n) is 6.43. The highest BCUT2D eigenvalue weighted by Crippen LogP contribution is 2.22. The van der Waals surface area contributed by atoms with Gasteiger partial charge in [-0.15, -0.1) is 0 Å². The monoisotopic (exact) mass is 357 g/mol. The molecule has 0 atom stereocenters. The van der Waals surface area contributed by atoms with Crippen LogP contribution >= 0.6 is 15.9 Å². The molecule has 0 aliphatic rings. The number of para-hydroxylation sites is 2. The van der Waals surface area contributed by atoms with Crippen molar-refractivity contribution >= 4 is 39.1 Å². The van der Waals surface area contributed by atoms with E-state index < -0.39 is 5.91 Å². The van der Waals surface area contributed by atoms with Crippen LogP contribution in [0.15, 0.2) is 53.0 Å². The van der Waals surface area contributed by atoms with E-state index in [1.54, 1.807) is 54.6 Å². The Bertz CT molecular complexity index is 736. The van der Waals surface area contributed by atoms with Gasteiger partial charge < -0.3 is 10.6 Å². The minimum absolute atomic E-state index is 0.241. The van der Waals surface area contributed by atoms with Crippen LogP contribution in [0.3, 0.4) is 0 Å². The quantitative estimate of drug-likeness (QED) is 0.877. The molecule has 2 N–H and O–H groups in total. The van der Waals surface area contributed by atoms with E-state index >= 15 is 0 Å². The third-order valence-electron chi connectivity index (χ3n) is 2.80. The number of halogens is 1. The van der Waals surface area contributed by atoms with Gasteiger partial charge in [-0.05, 0) is 36.4 Å². The maximum absolute atomic E-state index is 12.2. The van der Waals surface area contributed by atoms with Gasteiger partial charge in [-0.1, -0.05) is 28.1 Å². The van der Waals surface area contributed by atoms with E-state index in [1.807, 2.05) is 0 Å². The molecule has 0 aromatic heterocycles. The number of carbonyl (C=O) groups is 2. The van der Waals surface area contributed by atoms with Crippen LogP contribution in [0.4, 0.5) is 11.4 Å². The second-order valence-corrected chi connectivity index (χ2v) is 5.31. The van der Waals surface area contributed by atoms with Gasteiger partial charge in [0.05, 0.1) is 17.4 Å². The van der Waals surface area contributed by atoms with Crippen LogP contribution in [-0.4, -0.2) is 11.8 Å². The number of rotatable bonds is 4. The van der Waals surface area contributed by atoms with Crippen LogP contribution in [0.25, 0.3) is 0 Å². The Morgan fingerprint density at radius 2 is 1.59 bits per heavy atom. The van der Waals surface area contributed by atoms with Gasteiger partial charge in [-0.3, -0.25) is 9.59 Å². The molecule has 2 rings (SSSR count). The highest BCUT2D eigenvalue weighted by molar-refractivity contribution is 9.10. The first-order valence-corrected chi connectivity index (χ1v) is 7.22. The summed E-state index contributed by atoms with van der Waals surface area (Å²) in [6.07, 6.45) is -0.241. The molecular weight excluding hydrogens is 346 g/mol. The van der Waals surface area contributed by atoms with Crippen molar-refractivity contribution in [3.05, 3.63) is 58.6 Å². The van der Waals surface area contributed by atoms with Crippen molar-refractivity contribution in [3.8, 4) is 6.07 Å². The Balaban J connectivity index is 2.15. The molecule has 0 aliphatic carbocycles. The van der Waals surface area contributed by atoms with Crippen LogP contribution < -0.4 is 10.6 Å². The van der Waals surface area contributed by atoms with Crippen LogP contribution in [0.2, 0.25) is 0 Å². The average Bonchev–Trinajstić information content (AvgIpc) is 2.50. The highest BCUT2D eigenvalue weighted by atomic mass is 79.9. The van der Waals surface area contributed by atoms with E-state index in [2.05, 4.69) is 26.6 Å². The van der Waals surface area contributed by atoms with E-state index in [-0.39, 0.29) is 12.3 Å². The van der Waals surface area contributed by atoms with Gasteiger partial charge in [0.15, 0.2) is 0 Å². The number of nitrogens with one attached hydrogen (secondary N) is 2. The SMILES string of the molecule is N#CCC(=O)Nc1ccccc1NC(=O)c1ccc(Br)cc1. The molecule has 110 valence electrons. The van der Waals surface area contributed by atoms with Crippen molar-refractivity contribution in [2.75, 3.05) is 10.6 Å². The van der Waals surface area contributed by atoms with Crippen molar-refractivity contribution in [1.29, 1.82) is 5.26 Å². The third kappa shape index (κ3) is 4.17. The van der Waals surface area contributed by atoms with Crippen LogP contribution in [0.1, 0.15) is 16.8 Å². The fourth-order valence-electron chi connectivity index (χ4n) is 1.76. The Labute approximate surface area is 136 Å². The van der Waals surface area contributed by atoms with Gasteiger partial charge in [0.2, 0.25) is 5.91 Å². The lowest BCUT2D eigenvalue weighted by Gasteiger charge is -2.11. The molecule has 5 nitrogen and oxygen atoms in total. The van der Waals surface area contributed by atoms with Crippen molar-refractivity contribution in [2.45, 2.75) is 6.42 Å². The smallest absolute Gasteiger partial charge is 0.255 e. The topological polar surface area (TPSA) is 82.0 Å². The zero-order chi connectivity index (χ0) is 15.9. The van der Waals surface area contributed by atoms with E-state index in [4.69, 9.17) is 5.26 Å². The zero-order valence-corrected chi connectivity index (χ0v) is 13.1. The summed E-state index contributed by atoms with van der Waals surface area (Å²) in [5.41, 5.74) is 1.43. The summed E-state index contributed by atoms with van der Waals surface area (Å²) in [4.78, 5) is 23.7. The van der Waals surface area contributed by atoms with Crippen molar-refractivity contribution < 1.29 is 9.59 Å². The predicted molar refractivity (Wildman–Crippen MR) is 87.4 cm³/mol. The van der Waals surface area contributed by atoms with E-state index in [9.17, 15) is 9.59 Å². The summed E-state index contributed by atoms with van der Waals surface area (Å²) in [5.74, 6) is -0.706. The Hall–Kier alpha value is -2.65. The molecule has 0 unspecified atom stereocenters. The number of benzene rings is 2. The fourth-order valence-corrected chi connectivity index (χ4v) is 2.03. The summed E-state index contributed by atoms with van der Waals surface area (Å²) in [7, 11) is 0. The number of anilines is 2. The maximum atomic E-state index is 12.2. The predicted octanol–water partition coefficient (Wildman–Crippen LogP) is 3.55. The van der Waals surface area contributed by atoms with Crippen LogP contribution in [0.5, 0.6) is 0 Å². The minimum Gasteiger partial charge on any atom is -0.323 e. The Kier molecular flexibility index (Phi) is 5.28. The second-order valence-electron chi connectivity index (χ2n) is 4.39. The fraction of sp³-hybridized carbons (Fsp3) is 0.0625. The number of carbonyl (C=O) groups excluding carboxylic acids is 2. The minimum atomic E-state index is -0.423. The molecule has 0 saturated carbocycles. The molecule has 2 aromatic carbocycles. The lowest BCUT2D eigenvalue weighted by molar-refractivity contribution is -0.115. The van der Waals surface area contributed by atoms with E-state index in [0.717, 1.165) is 4.47 Å². The zero-order valence-electron chi connectivity index (χ0n) is 11.5. The van der Waals surface area contributed by atoms with Crippen LogP contribution in [0, 0.1) is 11.3 Å². The molecule has 0 saturated heterocycles. The largest absolute Gasteiger partial charge is 0.323 e. The normalized spacial score (nSPS) is 9.64. The summed E-state index contributed by atoms with van der Waals surface area (Å²) in [6.45, 7) is 0. The van der Waals surface area contributed by atoms with Gasteiger partial charge in [-0.2, -0.15) is 5.26 Å². The molecule has 0 spiro atoms. The van der Waals surface area contributed by atoms with Crippen molar-refractivity contribution in [3.63, 3.8) is 0 Å². The van der Waals surface area contributed by atoms with Crippen LogP contribution in [-0.2, 0) is 4.79 Å². The number of hydrogen-bond acceptors (Lipinski definition) is 3. The number of amides is 2. The molecular formula is C16H12BrN3O2. The molecule has 0 fully saturated rings. The van der Waals surface area contributed by atoms with E-state index in [1.165, 1.54) is 0 Å². The molecule has 22 heavy (non-hydrogen) atoms. The third-order valence-corrected chi connectivity index (χ3v) is 3.32. The number of nitriles is 1. The molecule has 0 bridgehead atoms. The lowest BCUT2D eigenvalue weighted by Crippen LogP contribution is -2.16. The number of hydrogen-bond donors (Lipinski definition) is 2. The molecule has 2 amide bonds. The molecule has 0 radical (unpaired) electrons. The number of nitrogens with zero attached hydrogens (tertiary/aromatic N) is 1. The van der Waals surface area contributed by atoms with E-state index in [0.29, 0.717) is 16.9 Å². The van der Waals surface area contributed by atoms with Gasteiger partial charge >= 0.3 is 0 Å². The van der Waals surface area contributed by atoms with Crippen molar-refractivity contribution in [2.24, 2.45) is 0 Å². The standard InChI is InChI=1S/C16H12BrN3O2/c17-12-7-5-11(6-8-12)16(22)20-14-4-2-1-3-13(14)19-15(21)9-10-18/h1-8H,9H2,(H,19,21)(H,20,22). The Morgan fingerprint density at radius 1 is 1.00 bits per heavy atom. The summed E-state index contributed by atoms with van der Waals surface area (Å²) < 4.78 is 0.883. The maximum Gasteiger partial charge on any atom is 0.255 e. The molecule has 6 heteroatoms. The summed E-state index contributed by atoms with van der Waals surface area (Å²) in [5, 5.41) is 13.9. The lowest BCUT2D eigenvalue weighted by atomic mass is 10.2. The van der Waals surface area contributed by atoms with Gasteiger partial charge in [0.1, 0.15) is 6.42 Å². The van der Waals surface area contributed by atoms with Gasteiger partial charge in [0, 0.05) is 10.0 Å². The molecule has 2 aromatic rings. The first kappa shape index (κ1) is 15.7. The summed E-state index contributed by atoms with van der Waals surface area (Å²) >= 11 is 3.31. The average molecular weight is 358 g/mol. The van der Waals surface area contributed by atoms with Gasteiger partial charge in [-0.25, -0.2) is 0 Å². The van der Waals surface area contributed by atoms with Gasteiger partial charge in [0.25, 0.3) is 5.91 Å². The Morgan fingerprint density at radius 3 is 2.18 bits per heavy atom.